The van der Waals surface area contributed by atoms with E-state index in [0.717, 1.165) is 61.6 Å². The van der Waals surface area contributed by atoms with E-state index in [1.165, 1.54) is 5.56 Å². The Morgan fingerprint density at radius 3 is 2.59 bits per heavy atom. The van der Waals surface area contributed by atoms with Crippen LogP contribution in [0.3, 0.4) is 0 Å². The topological polar surface area (TPSA) is 59.4 Å². The number of benzene rings is 2. The van der Waals surface area contributed by atoms with Gasteiger partial charge in [-0.15, -0.1) is 0 Å². The molecule has 180 valence electrons. The van der Waals surface area contributed by atoms with Crippen LogP contribution in [0.4, 0.5) is 5.95 Å². The molecule has 1 atom stereocenters. The van der Waals surface area contributed by atoms with Gasteiger partial charge in [-0.2, -0.15) is 0 Å². The van der Waals surface area contributed by atoms with Crippen molar-refractivity contribution in [3.05, 3.63) is 52.0 Å². The van der Waals surface area contributed by atoms with Gasteiger partial charge < -0.3 is 15.0 Å². The molecule has 6 nitrogen and oxygen atoms in total. The summed E-state index contributed by atoms with van der Waals surface area (Å²) in [5.41, 5.74) is 4.03. The van der Waals surface area contributed by atoms with Gasteiger partial charge in [0, 0.05) is 31.3 Å². The van der Waals surface area contributed by atoms with E-state index in [4.69, 9.17) is 32.9 Å². The molecule has 1 aromatic heterocycles. The van der Waals surface area contributed by atoms with Crippen LogP contribution in [0.5, 0.6) is 0 Å². The molecule has 0 saturated carbocycles. The third-order valence-electron chi connectivity index (χ3n) is 6.90. The third kappa shape index (κ3) is 4.64. The largest absolute Gasteiger partial charge is 0.379 e. The molecule has 0 aliphatic carbocycles. The summed E-state index contributed by atoms with van der Waals surface area (Å²) >= 11 is 12.7. The van der Waals surface area contributed by atoms with Gasteiger partial charge in [0.15, 0.2) is 0 Å². The third-order valence-corrected chi connectivity index (χ3v) is 7.62. The Balaban J connectivity index is 1.45. The first kappa shape index (κ1) is 23.5. The second-order valence-corrected chi connectivity index (χ2v) is 10.4. The van der Waals surface area contributed by atoms with E-state index < -0.39 is 0 Å². The van der Waals surface area contributed by atoms with Crippen molar-refractivity contribution in [1.29, 1.82) is 0 Å². The Hall–Kier alpha value is -2.28. The molecule has 1 N–H and O–H groups in total. The van der Waals surface area contributed by atoms with Gasteiger partial charge in [0.05, 0.1) is 33.7 Å². The molecule has 34 heavy (non-hydrogen) atoms. The zero-order valence-corrected chi connectivity index (χ0v) is 21.1. The summed E-state index contributed by atoms with van der Waals surface area (Å²) in [6, 6.07) is 12.4. The van der Waals surface area contributed by atoms with Gasteiger partial charge in [-0.1, -0.05) is 49.2 Å². The summed E-state index contributed by atoms with van der Waals surface area (Å²) in [5, 5.41) is 4.16. The molecule has 5 rings (SSSR count). The Labute approximate surface area is 210 Å². The maximum atomic E-state index is 12.8. The molecule has 1 amide bonds. The maximum absolute atomic E-state index is 12.8. The van der Waals surface area contributed by atoms with Crippen LogP contribution < -0.4 is 10.2 Å². The quantitative estimate of drug-likeness (QED) is 0.496. The zero-order valence-electron chi connectivity index (χ0n) is 19.6. The van der Waals surface area contributed by atoms with Crippen molar-refractivity contribution < 1.29 is 9.53 Å². The molecule has 2 saturated heterocycles. The van der Waals surface area contributed by atoms with Crippen molar-refractivity contribution in [3.8, 4) is 5.69 Å². The molecule has 2 aromatic carbocycles. The van der Waals surface area contributed by atoms with Gasteiger partial charge in [0.1, 0.15) is 0 Å². The fraction of sp³-hybridized carbons (Fsp3) is 0.462. The lowest BCUT2D eigenvalue weighted by atomic mass is 9.95. The predicted molar refractivity (Wildman–Crippen MR) is 137 cm³/mol. The van der Waals surface area contributed by atoms with Crippen LogP contribution in [0.2, 0.25) is 10.0 Å². The number of piperidine rings is 1. The number of imidazole rings is 1. The Bertz CT molecular complexity index is 1190. The summed E-state index contributed by atoms with van der Waals surface area (Å²) in [4.78, 5) is 20.0. The highest BCUT2D eigenvalue weighted by atomic mass is 35.5. The normalized spacial score (nSPS) is 19.3. The van der Waals surface area contributed by atoms with E-state index in [0.29, 0.717) is 22.6 Å². The summed E-state index contributed by atoms with van der Waals surface area (Å²) in [5.74, 6) is 1.43. The number of nitrogens with one attached hydrogen (secondary N) is 1. The van der Waals surface area contributed by atoms with Crippen LogP contribution in [0.1, 0.15) is 44.6 Å². The van der Waals surface area contributed by atoms with E-state index >= 15 is 0 Å². The van der Waals surface area contributed by atoms with E-state index in [9.17, 15) is 4.79 Å². The molecule has 0 radical (unpaired) electrons. The lowest BCUT2D eigenvalue weighted by Gasteiger charge is -2.33. The highest BCUT2D eigenvalue weighted by Crippen LogP contribution is 2.35. The first-order valence-electron chi connectivity index (χ1n) is 12.0. The fourth-order valence-corrected chi connectivity index (χ4v) is 5.17. The average molecular weight is 501 g/mol. The Kier molecular flexibility index (Phi) is 6.74. The zero-order chi connectivity index (χ0) is 23.8. The lowest BCUT2D eigenvalue weighted by molar-refractivity contribution is -0.126. The van der Waals surface area contributed by atoms with Crippen molar-refractivity contribution in [3.63, 3.8) is 0 Å². The number of rotatable bonds is 5. The number of hydrogen-bond acceptors (Lipinski definition) is 4. The van der Waals surface area contributed by atoms with Crippen molar-refractivity contribution in [2.45, 2.75) is 45.1 Å². The van der Waals surface area contributed by atoms with E-state index in [-0.39, 0.29) is 17.9 Å². The molecule has 2 fully saturated rings. The number of hydrogen-bond donors (Lipinski definition) is 1. The molecule has 2 aliphatic rings. The number of nitrogens with zero attached hydrogens (tertiary/aromatic N) is 3. The molecule has 3 aromatic rings. The lowest BCUT2D eigenvalue weighted by Crippen LogP contribution is -2.44. The van der Waals surface area contributed by atoms with Crippen molar-refractivity contribution in [2.75, 3.05) is 31.2 Å². The van der Waals surface area contributed by atoms with Gasteiger partial charge in [-0.3, -0.25) is 9.36 Å². The molecule has 0 spiro atoms. The van der Waals surface area contributed by atoms with Crippen LogP contribution in [-0.4, -0.2) is 47.8 Å². The van der Waals surface area contributed by atoms with Crippen LogP contribution in [-0.2, 0) is 9.53 Å². The molecule has 0 bridgehead atoms. The maximum Gasteiger partial charge on any atom is 0.223 e. The standard InChI is InChI=1S/C26H30Cl2N4O2/c1-16(2)18-4-3-5-20(12-18)32-24-14-22(28)21(27)13-23(24)30-26(32)31-9-6-17(7-10-31)25(33)29-19-8-11-34-15-19/h3-5,12-14,16-17,19H,6-11,15H2,1-2H3,(H,29,33)/t19-/m1/s1. The number of aromatic nitrogens is 2. The van der Waals surface area contributed by atoms with Crippen molar-refractivity contribution in [1.82, 2.24) is 14.9 Å². The average Bonchev–Trinajstić information content (AvgIpc) is 3.47. The summed E-state index contributed by atoms with van der Waals surface area (Å²) < 4.78 is 7.56. The van der Waals surface area contributed by atoms with Gasteiger partial charge >= 0.3 is 0 Å². The smallest absolute Gasteiger partial charge is 0.223 e. The second kappa shape index (κ2) is 9.76. The Morgan fingerprint density at radius 1 is 1.12 bits per heavy atom. The van der Waals surface area contributed by atoms with Crippen LogP contribution in [0, 0.1) is 5.92 Å². The summed E-state index contributed by atoms with van der Waals surface area (Å²) in [6.07, 6.45) is 2.47. The minimum absolute atomic E-state index is 0.0165. The van der Waals surface area contributed by atoms with Gasteiger partial charge in [-0.25, -0.2) is 4.98 Å². The number of carbonyl (C=O) groups is 1. The molecule has 8 heteroatoms. The summed E-state index contributed by atoms with van der Waals surface area (Å²) in [6.45, 7) is 7.25. The summed E-state index contributed by atoms with van der Waals surface area (Å²) in [7, 11) is 0. The fourth-order valence-electron chi connectivity index (χ4n) is 4.86. The molecule has 2 aliphatic heterocycles. The second-order valence-electron chi connectivity index (χ2n) is 9.58. The minimum Gasteiger partial charge on any atom is -0.379 e. The van der Waals surface area contributed by atoms with Crippen LogP contribution >= 0.6 is 23.2 Å². The Morgan fingerprint density at radius 2 is 1.88 bits per heavy atom. The number of fused-ring (bicyclic) bond motifs is 1. The minimum atomic E-state index is 0.0165. The van der Waals surface area contributed by atoms with E-state index in [1.807, 2.05) is 12.1 Å². The highest BCUT2D eigenvalue weighted by Gasteiger charge is 2.30. The van der Waals surface area contributed by atoms with Crippen molar-refractivity contribution >= 4 is 46.1 Å². The number of carbonyl (C=O) groups excluding carboxylic acids is 1. The number of ether oxygens (including phenoxy) is 1. The van der Waals surface area contributed by atoms with Gasteiger partial charge in [0.25, 0.3) is 0 Å². The molecule has 0 unspecified atom stereocenters. The van der Waals surface area contributed by atoms with Crippen molar-refractivity contribution in [2.24, 2.45) is 5.92 Å². The van der Waals surface area contributed by atoms with E-state index in [1.54, 1.807) is 0 Å². The SMILES string of the molecule is CC(C)c1cccc(-n2c(N3CCC(C(=O)N[C@@H]4CCOC4)CC3)nc3cc(Cl)c(Cl)cc32)c1. The van der Waals surface area contributed by atoms with Gasteiger partial charge in [-0.05, 0) is 55.0 Å². The van der Waals surface area contributed by atoms with Crippen LogP contribution in [0.15, 0.2) is 36.4 Å². The monoisotopic (exact) mass is 500 g/mol. The number of amides is 1. The highest BCUT2D eigenvalue weighted by molar-refractivity contribution is 6.42. The first-order valence-corrected chi connectivity index (χ1v) is 12.8. The number of anilines is 1. The van der Waals surface area contributed by atoms with E-state index in [2.05, 4.69) is 52.9 Å². The molecular formula is C26H30Cl2N4O2. The first-order chi connectivity index (χ1) is 16.4. The molecule has 3 heterocycles. The number of halogens is 2. The van der Waals surface area contributed by atoms with Gasteiger partial charge in [0.2, 0.25) is 11.9 Å². The molecular weight excluding hydrogens is 471 g/mol. The van der Waals surface area contributed by atoms with Crippen LogP contribution in [0.25, 0.3) is 16.7 Å². The predicted octanol–water partition coefficient (Wildman–Crippen LogP) is 5.58.